The Hall–Kier alpha value is -2.39. The Morgan fingerprint density at radius 1 is 0.969 bits per heavy atom. The zero-order valence-corrected chi connectivity index (χ0v) is 19.7. The van der Waals surface area contributed by atoms with Crippen molar-refractivity contribution in [2.45, 2.75) is 18.4 Å². The highest BCUT2D eigenvalue weighted by Gasteiger charge is 2.32. The van der Waals surface area contributed by atoms with Gasteiger partial charge < -0.3 is 4.90 Å². The lowest BCUT2D eigenvalue weighted by atomic mass is 10.2. The molecule has 0 aliphatic carbocycles. The molecule has 2 aromatic carbocycles. The summed E-state index contributed by atoms with van der Waals surface area (Å²) in [6, 6.07) is 15.7. The SMILES string of the molecule is Cc1nn(Cc2ccccc2Cl)c(Cl)c1C(=O)N1CCN(S(=O)(=O)c2ccccc2)CC1. The predicted molar refractivity (Wildman–Crippen MR) is 124 cm³/mol. The zero-order valence-electron chi connectivity index (χ0n) is 17.4. The summed E-state index contributed by atoms with van der Waals surface area (Å²) in [5, 5.41) is 5.27. The average Bonchev–Trinajstić information content (AvgIpc) is 3.08. The van der Waals surface area contributed by atoms with Gasteiger partial charge in [0.15, 0.2) is 0 Å². The second-order valence-corrected chi connectivity index (χ2v) is 10.2. The molecular weight excluding hydrogens is 471 g/mol. The highest BCUT2D eigenvalue weighted by Crippen LogP contribution is 2.26. The average molecular weight is 493 g/mol. The summed E-state index contributed by atoms with van der Waals surface area (Å²) in [4.78, 5) is 15.1. The number of benzene rings is 2. The summed E-state index contributed by atoms with van der Waals surface area (Å²) in [6.45, 7) is 3.06. The summed E-state index contributed by atoms with van der Waals surface area (Å²) >= 11 is 12.8. The number of amides is 1. The first-order valence-corrected chi connectivity index (χ1v) is 12.3. The molecule has 32 heavy (non-hydrogen) atoms. The fourth-order valence-electron chi connectivity index (χ4n) is 3.72. The van der Waals surface area contributed by atoms with Crippen molar-refractivity contribution in [2.75, 3.05) is 26.2 Å². The smallest absolute Gasteiger partial charge is 0.258 e. The molecule has 168 valence electrons. The molecule has 0 saturated carbocycles. The van der Waals surface area contributed by atoms with Gasteiger partial charge in [-0.05, 0) is 30.7 Å². The van der Waals surface area contributed by atoms with Crippen molar-refractivity contribution in [1.82, 2.24) is 19.0 Å². The van der Waals surface area contributed by atoms with Crippen LogP contribution in [0.15, 0.2) is 59.5 Å². The molecule has 0 bridgehead atoms. The fraction of sp³-hybridized carbons (Fsp3) is 0.273. The Labute approximate surface area is 197 Å². The summed E-state index contributed by atoms with van der Waals surface area (Å²) < 4.78 is 28.6. The first-order valence-electron chi connectivity index (χ1n) is 10.1. The lowest BCUT2D eigenvalue weighted by Gasteiger charge is -2.34. The molecule has 0 N–H and O–H groups in total. The van der Waals surface area contributed by atoms with Gasteiger partial charge in [0.05, 0.1) is 22.7 Å². The van der Waals surface area contributed by atoms with E-state index in [0.717, 1.165) is 5.56 Å². The van der Waals surface area contributed by atoms with Crippen molar-refractivity contribution in [3.8, 4) is 0 Å². The Bertz CT molecular complexity index is 1240. The van der Waals surface area contributed by atoms with E-state index in [1.54, 1.807) is 52.9 Å². The van der Waals surface area contributed by atoms with E-state index in [9.17, 15) is 13.2 Å². The zero-order chi connectivity index (χ0) is 22.9. The fourth-order valence-corrected chi connectivity index (χ4v) is 5.67. The van der Waals surface area contributed by atoms with Crippen LogP contribution in [0.5, 0.6) is 0 Å². The molecule has 10 heteroatoms. The van der Waals surface area contributed by atoms with Crippen molar-refractivity contribution in [3.63, 3.8) is 0 Å². The minimum absolute atomic E-state index is 0.216. The monoisotopic (exact) mass is 492 g/mol. The van der Waals surface area contributed by atoms with E-state index in [0.29, 0.717) is 22.8 Å². The molecule has 0 spiro atoms. The summed E-state index contributed by atoms with van der Waals surface area (Å²) in [5.41, 5.74) is 1.70. The van der Waals surface area contributed by atoms with E-state index in [4.69, 9.17) is 23.2 Å². The number of nitrogens with zero attached hydrogens (tertiary/aromatic N) is 4. The van der Waals surface area contributed by atoms with Crippen LogP contribution in [0.4, 0.5) is 0 Å². The Kier molecular flexibility index (Phi) is 6.57. The van der Waals surface area contributed by atoms with Gasteiger partial charge in [0.2, 0.25) is 10.0 Å². The molecule has 1 aromatic heterocycles. The normalized spacial score (nSPS) is 15.2. The van der Waals surface area contributed by atoms with Gasteiger partial charge >= 0.3 is 0 Å². The van der Waals surface area contributed by atoms with Gasteiger partial charge in [-0.15, -0.1) is 0 Å². The molecule has 7 nitrogen and oxygen atoms in total. The third-order valence-electron chi connectivity index (χ3n) is 5.46. The molecular formula is C22H22Cl2N4O3S. The largest absolute Gasteiger partial charge is 0.336 e. The molecule has 3 aromatic rings. The van der Waals surface area contributed by atoms with E-state index in [-0.39, 0.29) is 42.1 Å². The Balaban J connectivity index is 1.48. The number of halogens is 2. The molecule has 0 atom stereocenters. The molecule has 0 unspecified atom stereocenters. The van der Waals surface area contributed by atoms with Gasteiger partial charge in [0, 0.05) is 31.2 Å². The van der Waals surface area contributed by atoms with Crippen LogP contribution in [-0.2, 0) is 16.6 Å². The van der Waals surface area contributed by atoms with E-state index >= 15 is 0 Å². The molecule has 4 rings (SSSR count). The van der Waals surface area contributed by atoms with Crippen LogP contribution in [0.2, 0.25) is 10.2 Å². The van der Waals surface area contributed by atoms with Crippen LogP contribution < -0.4 is 0 Å². The lowest BCUT2D eigenvalue weighted by Crippen LogP contribution is -2.50. The maximum Gasteiger partial charge on any atom is 0.258 e. The summed E-state index contributed by atoms with van der Waals surface area (Å²) in [7, 11) is -3.59. The van der Waals surface area contributed by atoms with Crippen LogP contribution in [0.1, 0.15) is 21.6 Å². The number of hydrogen-bond acceptors (Lipinski definition) is 4. The number of carbonyl (C=O) groups excluding carboxylic acids is 1. The maximum atomic E-state index is 13.2. The summed E-state index contributed by atoms with van der Waals surface area (Å²) in [6.07, 6.45) is 0. The van der Waals surface area contributed by atoms with Gasteiger partial charge in [-0.25, -0.2) is 13.1 Å². The van der Waals surface area contributed by atoms with Crippen LogP contribution >= 0.6 is 23.2 Å². The number of aryl methyl sites for hydroxylation is 1. The van der Waals surface area contributed by atoms with Crippen molar-refractivity contribution < 1.29 is 13.2 Å². The number of sulfonamides is 1. The van der Waals surface area contributed by atoms with Crippen LogP contribution in [0.3, 0.4) is 0 Å². The standard InChI is InChI=1S/C22H22Cl2N4O3S/c1-16-20(21(24)28(25-16)15-17-7-5-6-10-19(17)23)22(29)26-11-13-27(14-12-26)32(30,31)18-8-3-2-4-9-18/h2-10H,11-15H2,1H3. The molecule has 1 aliphatic heterocycles. The number of aromatic nitrogens is 2. The number of hydrogen-bond donors (Lipinski definition) is 0. The molecule has 1 fully saturated rings. The third-order valence-corrected chi connectivity index (χ3v) is 8.13. The number of carbonyl (C=O) groups is 1. The van der Waals surface area contributed by atoms with E-state index in [2.05, 4.69) is 5.10 Å². The van der Waals surface area contributed by atoms with Crippen LogP contribution in [0, 0.1) is 6.92 Å². The van der Waals surface area contributed by atoms with Gasteiger partial charge in [-0.1, -0.05) is 59.6 Å². The lowest BCUT2D eigenvalue weighted by molar-refractivity contribution is 0.0697. The van der Waals surface area contributed by atoms with Crippen molar-refractivity contribution in [2.24, 2.45) is 0 Å². The maximum absolute atomic E-state index is 13.2. The Morgan fingerprint density at radius 3 is 2.25 bits per heavy atom. The summed E-state index contributed by atoms with van der Waals surface area (Å²) in [5.74, 6) is -0.255. The van der Waals surface area contributed by atoms with Crippen LogP contribution in [-0.4, -0.2) is 59.5 Å². The first-order chi connectivity index (χ1) is 15.3. The topological polar surface area (TPSA) is 75.5 Å². The van der Waals surface area contributed by atoms with Crippen molar-refractivity contribution >= 4 is 39.1 Å². The quantitative estimate of drug-likeness (QED) is 0.544. The highest BCUT2D eigenvalue weighted by atomic mass is 35.5. The van der Waals surface area contributed by atoms with Gasteiger partial charge in [0.1, 0.15) is 5.15 Å². The minimum Gasteiger partial charge on any atom is -0.336 e. The van der Waals surface area contributed by atoms with Gasteiger partial charge in [0.25, 0.3) is 5.91 Å². The molecule has 1 aliphatic rings. The molecule has 2 heterocycles. The molecule has 0 radical (unpaired) electrons. The van der Waals surface area contributed by atoms with E-state index in [1.807, 2.05) is 18.2 Å². The van der Waals surface area contributed by atoms with E-state index < -0.39 is 10.0 Å². The highest BCUT2D eigenvalue weighted by molar-refractivity contribution is 7.89. The number of piperazine rings is 1. The Morgan fingerprint density at radius 2 is 1.59 bits per heavy atom. The minimum atomic E-state index is -3.59. The van der Waals surface area contributed by atoms with Crippen molar-refractivity contribution in [3.05, 3.63) is 81.6 Å². The second kappa shape index (κ2) is 9.23. The molecule has 1 amide bonds. The van der Waals surface area contributed by atoms with Crippen LogP contribution in [0.25, 0.3) is 0 Å². The first kappa shape index (κ1) is 22.8. The molecule has 1 saturated heterocycles. The number of rotatable bonds is 5. The van der Waals surface area contributed by atoms with Gasteiger partial charge in [-0.3, -0.25) is 4.79 Å². The van der Waals surface area contributed by atoms with E-state index in [1.165, 1.54) is 4.31 Å². The van der Waals surface area contributed by atoms with Crippen molar-refractivity contribution in [1.29, 1.82) is 0 Å². The predicted octanol–water partition coefficient (Wildman–Crippen LogP) is 3.69. The van der Waals surface area contributed by atoms with Gasteiger partial charge in [-0.2, -0.15) is 9.40 Å². The third kappa shape index (κ3) is 4.41. The second-order valence-electron chi connectivity index (χ2n) is 7.51.